The van der Waals surface area contributed by atoms with Crippen molar-refractivity contribution >= 4 is 22.7 Å². The minimum absolute atomic E-state index is 0.170. The van der Waals surface area contributed by atoms with Crippen LogP contribution in [-0.4, -0.2) is 14.5 Å². The van der Waals surface area contributed by atoms with Crippen LogP contribution in [0.5, 0.6) is 0 Å². The number of halogens is 3. The lowest BCUT2D eigenvalue weighted by atomic mass is 10.2. The molecule has 1 aromatic carbocycles. The standard InChI is InChI=1S/C16H12F3N3OS/c1-22-7-6-10(8-13(22)23)9-24-14-11-4-2-3-5-12(11)20-15(21-14)16(17,18)19/h2-8H,9H2,1H3. The van der Waals surface area contributed by atoms with Crippen LogP contribution in [0.25, 0.3) is 10.9 Å². The molecule has 8 heteroatoms. The van der Waals surface area contributed by atoms with Crippen molar-refractivity contribution in [3.8, 4) is 0 Å². The monoisotopic (exact) mass is 351 g/mol. The van der Waals surface area contributed by atoms with Gasteiger partial charge in [0.25, 0.3) is 5.56 Å². The molecule has 124 valence electrons. The van der Waals surface area contributed by atoms with Crippen LogP contribution in [0.4, 0.5) is 13.2 Å². The Morgan fingerprint density at radius 1 is 1.17 bits per heavy atom. The van der Waals surface area contributed by atoms with E-state index in [0.717, 1.165) is 17.3 Å². The number of thioether (sulfide) groups is 1. The molecule has 0 unspecified atom stereocenters. The fourth-order valence-corrected chi connectivity index (χ4v) is 3.08. The summed E-state index contributed by atoms with van der Waals surface area (Å²) in [5.41, 5.74) is 0.794. The van der Waals surface area contributed by atoms with E-state index in [9.17, 15) is 18.0 Å². The van der Waals surface area contributed by atoms with E-state index < -0.39 is 12.0 Å². The molecular formula is C16H12F3N3OS. The van der Waals surface area contributed by atoms with E-state index in [4.69, 9.17) is 0 Å². The lowest BCUT2D eigenvalue weighted by Gasteiger charge is -2.10. The Labute approximate surface area is 139 Å². The van der Waals surface area contributed by atoms with Crippen molar-refractivity contribution in [3.63, 3.8) is 0 Å². The number of rotatable bonds is 3. The number of aromatic nitrogens is 3. The Balaban J connectivity index is 1.98. The summed E-state index contributed by atoms with van der Waals surface area (Å²) in [5, 5.41) is 0.799. The highest BCUT2D eigenvalue weighted by Gasteiger charge is 2.35. The molecule has 0 saturated heterocycles. The quantitative estimate of drug-likeness (QED) is 0.534. The van der Waals surface area contributed by atoms with Gasteiger partial charge in [-0.05, 0) is 17.7 Å². The smallest absolute Gasteiger partial charge is 0.319 e. The fraction of sp³-hybridized carbons (Fsp3) is 0.188. The van der Waals surface area contributed by atoms with Crippen LogP contribution in [0.2, 0.25) is 0 Å². The van der Waals surface area contributed by atoms with E-state index in [1.54, 1.807) is 37.5 Å². The van der Waals surface area contributed by atoms with Gasteiger partial charge in [-0.25, -0.2) is 9.97 Å². The first-order valence-electron chi connectivity index (χ1n) is 6.97. The van der Waals surface area contributed by atoms with Gasteiger partial charge in [0.1, 0.15) is 5.03 Å². The normalized spacial score (nSPS) is 11.8. The SMILES string of the molecule is Cn1ccc(CSc2nc(C(F)(F)F)nc3ccccc23)cc1=O. The van der Waals surface area contributed by atoms with Crippen molar-refractivity contribution in [1.29, 1.82) is 0 Å². The average Bonchev–Trinajstić information content (AvgIpc) is 2.54. The summed E-state index contributed by atoms with van der Waals surface area (Å²) >= 11 is 1.15. The zero-order chi connectivity index (χ0) is 17.3. The molecule has 4 nitrogen and oxygen atoms in total. The molecule has 24 heavy (non-hydrogen) atoms. The highest BCUT2D eigenvalue weighted by atomic mass is 32.2. The minimum Gasteiger partial charge on any atom is -0.319 e. The second kappa shape index (κ2) is 6.27. The first-order valence-corrected chi connectivity index (χ1v) is 7.95. The topological polar surface area (TPSA) is 47.8 Å². The fourth-order valence-electron chi connectivity index (χ4n) is 2.12. The first kappa shape index (κ1) is 16.5. The van der Waals surface area contributed by atoms with Crippen LogP contribution >= 0.6 is 11.8 Å². The number of alkyl halides is 3. The number of nitrogens with zero attached hydrogens (tertiary/aromatic N) is 3. The van der Waals surface area contributed by atoms with Gasteiger partial charge < -0.3 is 4.57 Å². The summed E-state index contributed by atoms with van der Waals surface area (Å²) < 4.78 is 40.4. The minimum atomic E-state index is -4.61. The zero-order valence-corrected chi connectivity index (χ0v) is 13.4. The van der Waals surface area contributed by atoms with Crippen molar-refractivity contribution in [1.82, 2.24) is 14.5 Å². The molecule has 0 fully saturated rings. The Morgan fingerprint density at radius 2 is 1.92 bits per heavy atom. The number of pyridine rings is 1. The predicted octanol–water partition coefficient (Wildman–Crippen LogP) is 3.64. The molecule has 0 amide bonds. The van der Waals surface area contributed by atoms with Gasteiger partial charge in [0.15, 0.2) is 0 Å². The molecule has 2 heterocycles. The van der Waals surface area contributed by atoms with Crippen LogP contribution in [0.1, 0.15) is 11.4 Å². The number of aryl methyl sites for hydroxylation is 1. The van der Waals surface area contributed by atoms with E-state index in [-0.39, 0.29) is 16.1 Å². The molecule has 2 aromatic heterocycles. The van der Waals surface area contributed by atoms with E-state index in [2.05, 4.69) is 9.97 Å². The molecular weight excluding hydrogens is 339 g/mol. The third-order valence-corrected chi connectivity index (χ3v) is 4.43. The number of hydrogen-bond donors (Lipinski definition) is 0. The molecule has 0 saturated carbocycles. The molecule has 0 bridgehead atoms. The largest absolute Gasteiger partial charge is 0.451 e. The molecule has 0 N–H and O–H groups in total. The first-order chi connectivity index (χ1) is 11.3. The Bertz CT molecular complexity index is 953. The summed E-state index contributed by atoms with van der Waals surface area (Å²) in [5.74, 6) is -0.818. The van der Waals surface area contributed by atoms with Gasteiger partial charge in [-0.2, -0.15) is 13.2 Å². The third kappa shape index (κ3) is 3.43. The summed E-state index contributed by atoms with van der Waals surface area (Å²) in [6.07, 6.45) is -2.99. The van der Waals surface area contributed by atoms with Gasteiger partial charge in [0.05, 0.1) is 5.52 Å². The van der Waals surface area contributed by atoms with Crippen molar-refractivity contribution in [2.45, 2.75) is 17.0 Å². The average molecular weight is 351 g/mol. The van der Waals surface area contributed by atoms with Crippen molar-refractivity contribution in [3.05, 3.63) is 64.3 Å². The maximum Gasteiger partial charge on any atom is 0.451 e. The van der Waals surface area contributed by atoms with Crippen molar-refractivity contribution in [2.24, 2.45) is 7.05 Å². The summed E-state index contributed by atoms with van der Waals surface area (Å²) in [4.78, 5) is 18.9. The molecule has 3 rings (SSSR count). The van der Waals surface area contributed by atoms with Crippen molar-refractivity contribution in [2.75, 3.05) is 0 Å². The van der Waals surface area contributed by atoms with Crippen LogP contribution < -0.4 is 5.56 Å². The number of fused-ring (bicyclic) bond motifs is 1. The second-order valence-corrected chi connectivity index (χ2v) is 6.10. The maximum absolute atomic E-state index is 13.0. The number of benzene rings is 1. The van der Waals surface area contributed by atoms with Gasteiger partial charge >= 0.3 is 6.18 Å². The van der Waals surface area contributed by atoms with Gasteiger partial charge in [0, 0.05) is 30.4 Å². The van der Waals surface area contributed by atoms with E-state index in [1.165, 1.54) is 16.7 Å². The molecule has 0 radical (unpaired) electrons. The van der Waals surface area contributed by atoms with E-state index in [1.807, 2.05) is 0 Å². The Morgan fingerprint density at radius 3 is 2.62 bits per heavy atom. The molecule has 0 aliphatic heterocycles. The summed E-state index contributed by atoms with van der Waals surface area (Å²) in [6, 6.07) is 9.77. The zero-order valence-electron chi connectivity index (χ0n) is 12.5. The van der Waals surface area contributed by atoms with Crippen LogP contribution in [-0.2, 0) is 19.0 Å². The number of para-hydroxylation sites is 1. The predicted molar refractivity (Wildman–Crippen MR) is 85.8 cm³/mol. The summed E-state index contributed by atoms with van der Waals surface area (Å²) in [6.45, 7) is 0. The van der Waals surface area contributed by atoms with Gasteiger partial charge in [-0.15, -0.1) is 11.8 Å². The van der Waals surface area contributed by atoms with Crippen LogP contribution in [0, 0.1) is 0 Å². The van der Waals surface area contributed by atoms with Gasteiger partial charge in [-0.3, -0.25) is 4.79 Å². The molecule has 0 atom stereocenters. The molecule has 0 spiro atoms. The van der Waals surface area contributed by atoms with Crippen molar-refractivity contribution < 1.29 is 13.2 Å². The van der Waals surface area contributed by atoms with E-state index >= 15 is 0 Å². The van der Waals surface area contributed by atoms with Crippen LogP contribution in [0.15, 0.2) is 52.4 Å². The molecule has 0 aliphatic carbocycles. The second-order valence-electron chi connectivity index (χ2n) is 5.14. The van der Waals surface area contributed by atoms with Gasteiger partial charge in [0.2, 0.25) is 5.82 Å². The molecule has 3 aromatic rings. The Kier molecular flexibility index (Phi) is 4.31. The summed E-state index contributed by atoms with van der Waals surface area (Å²) in [7, 11) is 1.63. The third-order valence-electron chi connectivity index (χ3n) is 3.37. The lowest BCUT2D eigenvalue weighted by Crippen LogP contribution is -2.14. The number of hydrogen-bond acceptors (Lipinski definition) is 4. The lowest BCUT2D eigenvalue weighted by molar-refractivity contribution is -0.145. The molecule has 0 aliphatic rings. The van der Waals surface area contributed by atoms with E-state index in [0.29, 0.717) is 11.1 Å². The highest BCUT2D eigenvalue weighted by molar-refractivity contribution is 7.98. The Hall–Kier alpha value is -2.35. The van der Waals surface area contributed by atoms with Crippen LogP contribution in [0.3, 0.4) is 0 Å². The van der Waals surface area contributed by atoms with Gasteiger partial charge in [-0.1, -0.05) is 18.2 Å². The highest BCUT2D eigenvalue weighted by Crippen LogP contribution is 2.33. The maximum atomic E-state index is 13.0.